The van der Waals surface area contributed by atoms with Crippen LogP contribution in [-0.4, -0.2) is 154 Å². The first-order valence-corrected chi connectivity index (χ1v) is 26.8. The van der Waals surface area contributed by atoms with Crippen molar-refractivity contribution < 1.29 is 41.1 Å². The Bertz CT molecular complexity index is 2970. The molecule has 2 saturated heterocycles. The Hall–Kier alpha value is -6.92. The number of aryl methyl sites for hydroxylation is 1. The highest BCUT2D eigenvalue weighted by atomic mass is 32.2. The molecule has 4 atom stereocenters. The van der Waals surface area contributed by atoms with Crippen LogP contribution >= 0.6 is 0 Å². The van der Waals surface area contributed by atoms with Gasteiger partial charge in [-0.15, -0.1) is 0 Å². The molecule has 4 amide bonds. The Balaban J connectivity index is 0.000000269. The highest BCUT2D eigenvalue weighted by Gasteiger charge is 2.46. The van der Waals surface area contributed by atoms with E-state index in [9.17, 15) is 36.4 Å². The summed E-state index contributed by atoms with van der Waals surface area (Å²) in [6, 6.07) is 2.87. The number of hydrogen-bond acceptors (Lipinski definition) is 16. The number of amides is 4. The zero-order valence-electron chi connectivity index (χ0n) is 45.4. The Morgan fingerprint density at radius 3 is 2.20 bits per heavy atom. The van der Waals surface area contributed by atoms with E-state index in [1.54, 1.807) is 67.6 Å². The Morgan fingerprint density at radius 2 is 1.62 bits per heavy atom. The van der Waals surface area contributed by atoms with Gasteiger partial charge in [0.05, 0.1) is 35.3 Å². The molecule has 3 aromatic heterocycles. The molecule has 6 N–H and O–H groups in total. The van der Waals surface area contributed by atoms with Crippen LogP contribution in [0.2, 0.25) is 0 Å². The summed E-state index contributed by atoms with van der Waals surface area (Å²) in [5.41, 5.74) is 1.13. The molecule has 5 aromatic rings. The van der Waals surface area contributed by atoms with E-state index in [0.717, 1.165) is 62.4 Å². The summed E-state index contributed by atoms with van der Waals surface area (Å²) < 4.78 is 60.4. The van der Waals surface area contributed by atoms with Crippen molar-refractivity contribution in [1.82, 2.24) is 55.9 Å². The number of aromatic amines is 1. The molecule has 0 saturated carbocycles. The van der Waals surface area contributed by atoms with Crippen molar-refractivity contribution in [3.8, 4) is 5.75 Å². The third-order valence-electron chi connectivity index (χ3n) is 13.4. The monoisotopic (exact) mass is 1070 g/mol. The van der Waals surface area contributed by atoms with Crippen molar-refractivity contribution >= 4 is 67.5 Å². The Labute approximate surface area is 443 Å². The smallest absolute Gasteiger partial charge is 0.271 e. The highest BCUT2D eigenvalue weighted by Crippen LogP contribution is 2.37. The van der Waals surface area contributed by atoms with E-state index in [1.165, 1.54) is 29.7 Å². The number of benzene rings is 2. The first kappa shape index (κ1) is 58.3. The first-order valence-electron chi connectivity index (χ1n) is 25.3. The van der Waals surface area contributed by atoms with Crippen LogP contribution in [0.25, 0.3) is 10.9 Å². The fourth-order valence-corrected chi connectivity index (χ4v) is 9.54. The van der Waals surface area contributed by atoms with Crippen molar-refractivity contribution in [2.45, 2.75) is 122 Å². The van der Waals surface area contributed by atoms with Gasteiger partial charge in [-0.05, 0) is 92.1 Å². The molecule has 76 heavy (non-hydrogen) atoms. The van der Waals surface area contributed by atoms with Crippen LogP contribution in [0.1, 0.15) is 96.4 Å². The van der Waals surface area contributed by atoms with Gasteiger partial charge in [0.15, 0.2) is 15.7 Å². The second-order valence-electron chi connectivity index (χ2n) is 21.2. The highest BCUT2D eigenvalue weighted by molar-refractivity contribution is 7.92. The molecule has 0 spiro atoms. The number of ether oxygens (including phenoxy) is 1. The number of rotatable bonds is 16. The molecule has 7 rings (SSSR count). The predicted octanol–water partition coefficient (Wildman–Crippen LogP) is 5.45. The first-order chi connectivity index (χ1) is 35.7. The number of likely N-dealkylation sites (tertiary alicyclic amines) is 1. The van der Waals surface area contributed by atoms with E-state index in [-0.39, 0.29) is 23.6 Å². The van der Waals surface area contributed by atoms with Gasteiger partial charge in [-0.1, -0.05) is 40.2 Å². The second kappa shape index (κ2) is 24.4. The van der Waals surface area contributed by atoms with Crippen LogP contribution in [-0.2, 0) is 24.2 Å². The lowest BCUT2D eigenvalue weighted by molar-refractivity contribution is -0.143. The Morgan fingerprint density at radius 1 is 0.934 bits per heavy atom. The zero-order chi connectivity index (χ0) is 55.9. The average molecular weight is 1080 g/mol. The summed E-state index contributed by atoms with van der Waals surface area (Å²) in [6.45, 7) is 21.6. The summed E-state index contributed by atoms with van der Waals surface area (Å²) in [5, 5.41) is 21.7. The number of hydrogen-bond donors (Lipinski definition) is 6. The van der Waals surface area contributed by atoms with Gasteiger partial charge in [-0.3, -0.25) is 24.3 Å². The number of aromatic nitrogens is 6. The van der Waals surface area contributed by atoms with Crippen molar-refractivity contribution in [2.24, 2.45) is 5.41 Å². The number of sulfone groups is 1. The molecule has 2 fully saturated rings. The minimum atomic E-state index is -3.66. The summed E-state index contributed by atoms with van der Waals surface area (Å²) in [4.78, 5) is 76.6. The van der Waals surface area contributed by atoms with E-state index in [1.807, 2.05) is 20.9 Å². The molecule has 2 aliphatic heterocycles. The quantitative estimate of drug-likeness (QED) is 0.0672. The molecule has 2 aliphatic rings. The van der Waals surface area contributed by atoms with Crippen LogP contribution < -0.4 is 36.2 Å². The second-order valence-corrected chi connectivity index (χ2v) is 23.8. The van der Waals surface area contributed by atoms with E-state index in [2.05, 4.69) is 73.4 Å². The van der Waals surface area contributed by atoms with Crippen LogP contribution in [0.15, 0.2) is 53.9 Å². The third-order valence-corrected chi connectivity index (χ3v) is 15.9. The van der Waals surface area contributed by atoms with Crippen molar-refractivity contribution in [3.63, 3.8) is 0 Å². The lowest BCUT2D eigenvalue weighted by atomic mass is 9.85. The number of piperazine rings is 1. The summed E-state index contributed by atoms with van der Waals surface area (Å²) in [6.07, 6.45) is 6.08. The molecule has 0 unspecified atom stereocenters. The molecular formula is C52H72F2N14O7S. The third kappa shape index (κ3) is 13.7. The predicted molar refractivity (Wildman–Crippen MR) is 286 cm³/mol. The molecule has 21 nitrogen and oxygen atoms in total. The zero-order valence-corrected chi connectivity index (χ0v) is 46.2. The largest absolute Gasteiger partial charge is 0.492 e. The van der Waals surface area contributed by atoms with Crippen LogP contribution in [0.5, 0.6) is 5.75 Å². The summed E-state index contributed by atoms with van der Waals surface area (Å²) >= 11 is 0. The number of carbonyl (C=O) groups excluding carboxylic acids is 4. The number of H-pyrrole nitrogens is 1. The number of carbonyl (C=O) groups is 4. The number of nitrogens with one attached hydrogen (secondary N) is 6. The number of nitrogens with zero attached hydrogens (tertiary/aromatic N) is 8. The van der Waals surface area contributed by atoms with Gasteiger partial charge in [0, 0.05) is 61.5 Å². The maximum atomic E-state index is 14.4. The summed E-state index contributed by atoms with van der Waals surface area (Å²) in [5.74, 6) is -2.26. The molecule has 412 valence electrons. The molecular weight excluding hydrogens is 1000 g/mol. The lowest BCUT2D eigenvalue weighted by Gasteiger charge is -2.36. The number of fused-ring (bicyclic) bond motifs is 1. The topological polar surface area (TPSA) is 262 Å². The van der Waals surface area contributed by atoms with Gasteiger partial charge in [0.2, 0.25) is 17.7 Å². The lowest BCUT2D eigenvalue weighted by Crippen LogP contribution is -2.59. The minimum absolute atomic E-state index is 0.0517. The molecule has 5 heterocycles. The molecule has 24 heteroatoms. The fourth-order valence-electron chi connectivity index (χ4n) is 8.23. The number of unbranched alkanes of at least 4 members (excludes halogenated alkanes) is 1. The van der Waals surface area contributed by atoms with E-state index >= 15 is 0 Å². The molecule has 0 radical (unpaired) electrons. The minimum Gasteiger partial charge on any atom is -0.492 e. The van der Waals surface area contributed by atoms with Gasteiger partial charge in [0.1, 0.15) is 63.7 Å². The van der Waals surface area contributed by atoms with Gasteiger partial charge >= 0.3 is 0 Å². The number of anilines is 4. The number of para-hydroxylation sites is 1. The van der Waals surface area contributed by atoms with Gasteiger partial charge in [0.25, 0.3) is 5.91 Å². The SMILES string of the molecule is CCCCOc1cc2ncnc(Nc3n[nH]c(C)c3C)c2cc1S(=O)(=O)C(C)(C)C.CN[C@@H](C)C(=O)N[C@H](C(=O)N1C[C@@H](NC(=O)c2cnc(N3CCN(C)CC3)cn2)C[C@H]1C(=O)Nc1c(F)cccc1F)C(C)(C)C. The maximum absolute atomic E-state index is 14.4. The fraction of sp³-hybridized carbons (Fsp3) is 0.519. The molecule has 0 aliphatic carbocycles. The van der Waals surface area contributed by atoms with E-state index in [4.69, 9.17) is 4.74 Å². The summed E-state index contributed by atoms with van der Waals surface area (Å²) in [7, 11) is -0.00397. The number of likely N-dealkylation sites (N-methyl/N-ethyl adjacent to an activating group) is 2. The van der Waals surface area contributed by atoms with Gasteiger partial charge < -0.3 is 46.0 Å². The molecule has 2 aromatic carbocycles. The molecule has 0 bridgehead atoms. The van der Waals surface area contributed by atoms with E-state index < -0.39 is 85.1 Å². The van der Waals surface area contributed by atoms with Crippen molar-refractivity contribution in [3.05, 3.63) is 77.6 Å². The number of halogens is 2. The average Bonchev–Trinajstić information content (AvgIpc) is 3.95. The van der Waals surface area contributed by atoms with Gasteiger partial charge in [-0.25, -0.2) is 37.1 Å². The van der Waals surface area contributed by atoms with Gasteiger partial charge in [-0.2, -0.15) is 5.10 Å². The van der Waals surface area contributed by atoms with Crippen LogP contribution in [0, 0.1) is 30.9 Å². The Kier molecular flexibility index (Phi) is 18.7. The van der Waals surface area contributed by atoms with Crippen LogP contribution in [0.4, 0.5) is 31.9 Å². The van der Waals surface area contributed by atoms with Crippen molar-refractivity contribution in [1.29, 1.82) is 0 Å². The standard InChI is InChI=1S/C31H43F2N9O4.C21H29N5O3S/c1-18(34-5)27(43)39-26(31(2,3)4)30(46)42-17-19(14-23(42)29(45)38-25-20(32)8-7-9-21(25)33)37-28(44)22-15-36-24(16-35-22)41-12-10-40(6)11-13-41;1-7-8-9-29-17-11-16-15(10-18(17)30(27,28)21(4,5)6)20(23-12-22-16)24-19-13(2)14(3)25-26-19/h7-9,15-16,18-19,23,26,34H,10-14,17H2,1-6H3,(H,37,44)(H,38,45)(H,39,43);10-12H,7-9H2,1-6H3,(H2,22,23,24,25,26)/t18-,19-,23-,26+;/m0./s1. The van der Waals surface area contributed by atoms with Crippen molar-refractivity contribution in [2.75, 3.05) is 69.0 Å². The normalized spacial score (nSPS) is 17.1. The maximum Gasteiger partial charge on any atom is 0.271 e. The van der Waals surface area contributed by atoms with Crippen LogP contribution in [0.3, 0.4) is 0 Å². The van der Waals surface area contributed by atoms with E-state index in [0.29, 0.717) is 40.7 Å².